The van der Waals surface area contributed by atoms with Crippen LogP contribution in [0.1, 0.15) is 55.6 Å². The van der Waals surface area contributed by atoms with Crippen LogP contribution in [-0.4, -0.2) is 25.1 Å². The lowest BCUT2D eigenvalue weighted by Gasteiger charge is -2.23. The summed E-state index contributed by atoms with van der Waals surface area (Å²) in [5.41, 5.74) is 3.11. The fourth-order valence-electron chi connectivity index (χ4n) is 2.68. The number of carbonyl (C=O) groups is 2. The van der Waals surface area contributed by atoms with Crippen LogP contribution in [0.2, 0.25) is 0 Å². The van der Waals surface area contributed by atoms with Gasteiger partial charge in [0.05, 0.1) is 12.2 Å². The lowest BCUT2D eigenvalue weighted by molar-refractivity contribution is -0.118. The van der Waals surface area contributed by atoms with Gasteiger partial charge in [0.2, 0.25) is 0 Å². The highest BCUT2D eigenvalue weighted by Crippen LogP contribution is 2.32. The third-order valence-corrected chi connectivity index (χ3v) is 4.15. The van der Waals surface area contributed by atoms with Crippen molar-refractivity contribution in [2.45, 2.75) is 46.5 Å². The molecule has 150 valence electrons. The summed E-state index contributed by atoms with van der Waals surface area (Å²) >= 11 is 0. The molecule has 0 aliphatic rings. The summed E-state index contributed by atoms with van der Waals surface area (Å²) in [6.07, 6.45) is 0.776. The Balaban J connectivity index is 1.96. The smallest absolute Gasteiger partial charge is 0.338 e. The van der Waals surface area contributed by atoms with Gasteiger partial charge in [0, 0.05) is 5.69 Å². The molecule has 0 saturated heterocycles. The summed E-state index contributed by atoms with van der Waals surface area (Å²) in [5.74, 6) is 0.0940. The molecular weight excluding hydrogens is 354 g/mol. The molecule has 5 heteroatoms. The van der Waals surface area contributed by atoms with Gasteiger partial charge < -0.3 is 14.8 Å². The fourth-order valence-corrected chi connectivity index (χ4v) is 2.68. The maximum Gasteiger partial charge on any atom is 0.338 e. The molecule has 0 aliphatic carbocycles. The van der Waals surface area contributed by atoms with Crippen molar-refractivity contribution in [1.82, 2.24) is 0 Å². The molecule has 0 heterocycles. The van der Waals surface area contributed by atoms with E-state index < -0.39 is 0 Å². The molecule has 0 spiro atoms. The second kappa shape index (κ2) is 9.40. The van der Waals surface area contributed by atoms with Gasteiger partial charge in [0.15, 0.2) is 6.61 Å². The van der Waals surface area contributed by atoms with Crippen LogP contribution in [0, 0.1) is 6.92 Å². The SMILES string of the molecule is CCCOC(=O)c1ccc(NC(=O)COc2cc(C)ccc2C(C)(C)C)cc1. The average Bonchev–Trinajstić information content (AvgIpc) is 2.64. The minimum absolute atomic E-state index is 0.0816. The van der Waals surface area contributed by atoms with Gasteiger partial charge in [-0.15, -0.1) is 0 Å². The zero-order chi connectivity index (χ0) is 20.7. The first-order chi connectivity index (χ1) is 13.2. The molecule has 1 amide bonds. The number of hydrogen-bond acceptors (Lipinski definition) is 4. The lowest BCUT2D eigenvalue weighted by Crippen LogP contribution is -2.22. The zero-order valence-corrected chi connectivity index (χ0v) is 17.3. The molecule has 0 saturated carbocycles. The Labute approximate surface area is 167 Å². The largest absolute Gasteiger partial charge is 0.483 e. The molecule has 5 nitrogen and oxygen atoms in total. The van der Waals surface area contributed by atoms with E-state index in [0.29, 0.717) is 17.9 Å². The van der Waals surface area contributed by atoms with Crippen LogP contribution in [-0.2, 0) is 14.9 Å². The molecule has 28 heavy (non-hydrogen) atoms. The zero-order valence-electron chi connectivity index (χ0n) is 17.3. The first kappa shape index (κ1) is 21.5. The normalized spacial score (nSPS) is 11.0. The highest BCUT2D eigenvalue weighted by Gasteiger charge is 2.19. The van der Waals surface area contributed by atoms with E-state index in [2.05, 4.69) is 26.1 Å². The van der Waals surface area contributed by atoms with E-state index in [1.807, 2.05) is 32.0 Å². The summed E-state index contributed by atoms with van der Waals surface area (Å²) in [5, 5.41) is 2.78. The Hall–Kier alpha value is -2.82. The standard InChI is InChI=1S/C23H29NO4/c1-6-13-27-22(26)17-8-10-18(11-9-17)24-21(25)15-28-20-14-16(2)7-12-19(20)23(3,4)5/h7-12,14H,6,13,15H2,1-5H3,(H,24,25). The van der Waals surface area contributed by atoms with Gasteiger partial charge in [-0.3, -0.25) is 4.79 Å². The molecule has 0 unspecified atom stereocenters. The van der Waals surface area contributed by atoms with Crippen LogP contribution in [0.5, 0.6) is 5.75 Å². The van der Waals surface area contributed by atoms with Crippen molar-refractivity contribution in [2.24, 2.45) is 0 Å². The van der Waals surface area contributed by atoms with Gasteiger partial charge >= 0.3 is 5.97 Å². The Bertz CT molecular complexity index is 819. The third-order valence-electron chi connectivity index (χ3n) is 4.15. The van der Waals surface area contributed by atoms with Gasteiger partial charge in [-0.2, -0.15) is 0 Å². The van der Waals surface area contributed by atoms with Crippen molar-refractivity contribution in [1.29, 1.82) is 0 Å². The number of amides is 1. The molecule has 2 rings (SSSR count). The number of benzene rings is 2. The molecule has 0 aromatic heterocycles. The van der Waals surface area contributed by atoms with Crippen LogP contribution in [0.15, 0.2) is 42.5 Å². The third kappa shape index (κ3) is 6.12. The molecular formula is C23H29NO4. The first-order valence-electron chi connectivity index (χ1n) is 9.51. The Morgan fingerprint density at radius 1 is 1.04 bits per heavy atom. The predicted molar refractivity (Wildman–Crippen MR) is 111 cm³/mol. The van der Waals surface area contributed by atoms with E-state index in [-0.39, 0.29) is 23.9 Å². The van der Waals surface area contributed by atoms with Crippen LogP contribution in [0.4, 0.5) is 5.69 Å². The van der Waals surface area contributed by atoms with E-state index in [0.717, 1.165) is 23.3 Å². The lowest BCUT2D eigenvalue weighted by atomic mass is 9.86. The minimum atomic E-state index is -0.364. The van der Waals surface area contributed by atoms with Gasteiger partial charge in [0.1, 0.15) is 5.75 Å². The quantitative estimate of drug-likeness (QED) is 0.692. The van der Waals surface area contributed by atoms with Crippen molar-refractivity contribution in [2.75, 3.05) is 18.5 Å². The number of anilines is 1. The first-order valence-corrected chi connectivity index (χ1v) is 9.51. The van der Waals surface area contributed by atoms with Crippen molar-refractivity contribution in [3.63, 3.8) is 0 Å². The van der Waals surface area contributed by atoms with Crippen LogP contribution in [0.3, 0.4) is 0 Å². The summed E-state index contributed by atoms with van der Waals surface area (Å²) in [7, 11) is 0. The highest BCUT2D eigenvalue weighted by molar-refractivity contribution is 5.93. The minimum Gasteiger partial charge on any atom is -0.483 e. The highest BCUT2D eigenvalue weighted by atomic mass is 16.5. The fraction of sp³-hybridized carbons (Fsp3) is 0.391. The van der Waals surface area contributed by atoms with Crippen molar-refractivity contribution >= 4 is 17.6 Å². The summed E-state index contributed by atoms with van der Waals surface area (Å²) in [4.78, 5) is 24.1. The number of esters is 1. The maximum atomic E-state index is 12.3. The van der Waals surface area contributed by atoms with Crippen LogP contribution < -0.4 is 10.1 Å². The molecule has 1 N–H and O–H groups in total. The number of carbonyl (C=O) groups excluding carboxylic acids is 2. The van der Waals surface area contributed by atoms with Gasteiger partial charge in [0.25, 0.3) is 5.91 Å². The van der Waals surface area contributed by atoms with Crippen LogP contribution >= 0.6 is 0 Å². The summed E-state index contributed by atoms with van der Waals surface area (Å²) < 4.78 is 10.9. The van der Waals surface area contributed by atoms with E-state index in [1.54, 1.807) is 24.3 Å². The van der Waals surface area contributed by atoms with E-state index in [1.165, 1.54) is 0 Å². The number of aryl methyl sites for hydroxylation is 1. The van der Waals surface area contributed by atoms with E-state index in [4.69, 9.17) is 9.47 Å². The Kier molecular flexibility index (Phi) is 7.21. The van der Waals surface area contributed by atoms with Gasteiger partial charge in [-0.25, -0.2) is 4.79 Å². The molecule has 2 aromatic carbocycles. The van der Waals surface area contributed by atoms with Crippen molar-refractivity contribution < 1.29 is 19.1 Å². The second-order valence-corrected chi connectivity index (χ2v) is 7.80. The summed E-state index contributed by atoms with van der Waals surface area (Å²) in [6, 6.07) is 12.6. The maximum absolute atomic E-state index is 12.3. The monoisotopic (exact) mass is 383 g/mol. The number of nitrogens with one attached hydrogen (secondary N) is 1. The van der Waals surface area contributed by atoms with E-state index in [9.17, 15) is 9.59 Å². The van der Waals surface area contributed by atoms with Gasteiger partial charge in [-0.1, -0.05) is 39.8 Å². The molecule has 0 radical (unpaired) electrons. The number of rotatable bonds is 7. The van der Waals surface area contributed by atoms with E-state index >= 15 is 0 Å². The van der Waals surface area contributed by atoms with Crippen molar-refractivity contribution in [3.05, 3.63) is 59.2 Å². The second-order valence-electron chi connectivity index (χ2n) is 7.80. The molecule has 0 atom stereocenters. The molecule has 2 aromatic rings. The molecule has 0 fully saturated rings. The topological polar surface area (TPSA) is 64.6 Å². The molecule has 0 bridgehead atoms. The number of hydrogen-bond donors (Lipinski definition) is 1. The average molecular weight is 383 g/mol. The summed E-state index contributed by atoms with van der Waals surface area (Å²) in [6.45, 7) is 10.6. The Morgan fingerprint density at radius 3 is 2.32 bits per heavy atom. The Morgan fingerprint density at radius 2 is 1.71 bits per heavy atom. The van der Waals surface area contributed by atoms with Gasteiger partial charge in [-0.05, 0) is 60.2 Å². The number of ether oxygens (including phenoxy) is 2. The molecule has 0 aliphatic heterocycles. The van der Waals surface area contributed by atoms with Crippen molar-refractivity contribution in [3.8, 4) is 5.75 Å². The predicted octanol–water partition coefficient (Wildman–Crippen LogP) is 4.88. The van der Waals surface area contributed by atoms with Crippen LogP contribution in [0.25, 0.3) is 0 Å².